The number of hydrogen-bond acceptors (Lipinski definition) is 5. The standard InChI is InChI=1S/C24H22N4O3/c1-31-21-14-8-6-12-19(21)26-22(29)16-28-20-13-7-5-11-18(20)23(27-24(28)30)25-15-17-9-3-2-4-10-17/h2-14H,15-16H2,1H3,(H,26,29)(H,25,27,30). The Morgan fingerprint density at radius 2 is 1.68 bits per heavy atom. The normalized spacial score (nSPS) is 10.6. The summed E-state index contributed by atoms with van der Waals surface area (Å²) in [5.74, 6) is 0.695. The Kier molecular flexibility index (Phi) is 5.93. The highest BCUT2D eigenvalue weighted by atomic mass is 16.5. The van der Waals surface area contributed by atoms with Crippen LogP contribution in [0.5, 0.6) is 5.75 Å². The Morgan fingerprint density at radius 1 is 0.968 bits per heavy atom. The highest BCUT2D eigenvalue weighted by Gasteiger charge is 2.14. The molecule has 0 bridgehead atoms. The van der Waals surface area contributed by atoms with Crippen LogP contribution in [0.4, 0.5) is 11.5 Å². The van der Waals surface area contributed by atoms with E-state index in [0.717, 1.165) is 10.9 Å². The summed E-state index contributed by atoms with van der Waals surface area (Å²) in [5, 5.41) is 6.80. The number of aromatic nitrogens is 2. The van der Waals surface area contributed by atoms with E-state index in [1.54, 1.807) is 18.2 Å². The van der Waals surface area contributed by atoms with Crippen LogP contribution in [-0.4, -0.2) is 22.6 Å². The first-order chi connectivity index (χ1) is 15.2. The number of ether oxygens (including phenoxy) is 1. The lowest BCUT2D eigenvalue weighted by Crippen LogP contribution is -2.30. The van der Waals surface area contributed by atoms with Crippen LogP contribution in [0, 0.1) is 0 Å². The highest BCUT2D eigenvalue weighted by Crippen LogP contribution is 2.23. The van der Waals surface area contributed by atoms with Gasteiger partial charge in [-0.1, -0.05) is 54.6 Å². The van der Waals surface area contributed by atoms with Gasteiger partial charge in [-0.25, -0.2) is 4.79 Å². The average Bonchev–Trinajstić information content (AvgIpc) is 2.81. The van der Waals surface area contributed by atoms with Crippen molar-refractivity contribution in [3.63, 3.8) is 0 Å². The second kappa shape index (κ2) is 9.13. The van der Waals surface area contributed by atoms with E-state index in [1.807, 2.05) is 60.7 Å². The summed E-state index contributed by atoms with van der Waals surface area (Å²) in [6.45, 7) is 0.374. The van der Waals surface area contributed by atoms with Gasteiger partial charge >= 0.3 is 5.69 Å². The van der Waals surface area contributed by atoms with Crippen molar-refractivity contribution in [2.45, 2.75) is 13.1 Å². The van der Waals surface area contributed by atoms with Gasteiger partial charge in [0.15, 0.2) is 0 Å². The van der Waals surface area contributed by atoms with E-state index >= 15 is 0 Å². The summed E-state index contributed by atoms with van der Waals surface area (Å²) in [5.41, 5.74) is 1.76. The molecule has 4 rings (SSSR count). The zero-order chi connectivity index (χ0) is 21.6. The third-order valence-corrected chi connectivity index (χ3v) is 4.87. The van der Waals surface area contributed by atoms with E-state index in [9.17, 15) is 9.59 Å². The number of methoxy groups -OCH3 is 1. The summed E-state index contributed by atoms with van der Waals surface area (Å²) in [7, 11) is 1.54. The third kappa shape index (κ3) is 4.56. The van der Waals surface area contributed by atoms with Crippen molar-refractivity contribution in [2.24, 2.45) is 0 Å². The maximum Gasteiger partial charge on any atom is 0.350 e. The van der Waals surface area contributed by atoms with Crippen molar-refractivity contribution in [3.8, 4) is 5.75 Å². The molecule has 0 aliphatic rings. The number of nitrogens with one attached hydrogen (secondary N) is 2. The molecule has 31 heavy (non-hydrogen) atoms. The third-order valence-electron chi connectivity index (χ3n) is 4.87. The number of carbonyl (C=O) groups excluding carboxylic acids is 1. The van der Waals surface area contributed by atoms with Gasteiger partial charge in [0.25, 0.3) is 0 Å². The number of hydrogen-bond donors (Lipinski definition) is 2. The zero-order valence-electron chi connectivity index (χ0n) is 17.0. The van der Waals surface area contributed by atoms with Crippen molar-refractivity contribution >= 4 is 28.3 Å². The molecule has 3 aromatic carbocycles. The molecule has 0 radical (unpaired) electrons. The highest BCUT2D eigenvalue weighted by molar-refractivity contribution is 5.94. The number of amides is 1. The summed E-state index contributed by atoms with van der Waals surface area (Å²) in [6.07, 6.45) is 0. The fraction of sp³-hybridized carbons (Fsp3) is 0.125. The molecule has 0 aliphatic carbocycles. The van der Waals surface area contributed by atoms with E-state index in [0.29, 0.717) is 29.3 Å². The van der Waals surface area contributed by atoms with Gasteiger partial charge < -0.3 is 15.4 Å². The number of nitrogens with zero attached hydrogens (tertiary/aromatic N) is 2. The molecule has 0 saturated heterocycles. The van der Waals surface area contributed by atoms with Crippen molar-refractivity contribution in [1.29, 1.82) is 0 Å². The van der Waals surface area contributed by atoms with E-state index in [4.69, 9.17) is 4.74 Å². The topological polar surface area (TPSA) is 85.2 Å². The zero-order valence-corrected chi connectivity index (χ0v) is 17.0. The van der Waals surface area contributed by atoms with Gasteiger partial charge in [-0.3, -0.25) is 9.36 Å². The van der Waals surface area contributed by atoms with Crippen LogP contribution in [0.1, 0.15) is 5.56 Å². The van der Waals surface area contributed by atoms with E-state index in [2.05, 4.69) is 15.6 Å². The molecule has 0 unspecified atom stereocenters. The average molecular weight is 414 g/mol. The smallest absolute Gasteiger partial charge is 0.350 e. The summed E-state index contributed by atoms with van der Waals surface area (Å²) < 4.78 is 6.63. The first-order valence-electron chi connectivity index (χ1n) is 9.86. The van der Waals surface area contributed by atoms with Gasteiger partial charge in [-0.2, -0.15) is 4.98 Å². The van der Waals surface area contributed by atoms with Crippen LogP contribution < -0.4 is 21.1 Å². The Labute approximate surface area is 179 Å². The number of para-hydroxylation sites is 3. The number of carbonyl (C=O) groups is 1. The Balaban J connectivity index is 1.60. The molecule has 1 heterocycles. The molecular weight excluding hydrogens is 392 g/mol. The van der Waals surface area contributed by atoms with Gasteiger partial charge in [0.1, 0.15) is 18.1 Å². The first kappa shape index (κ1) is 20.2. The van der Waals surface area contributed by atoms with Crippen molar-refractivity contribution in [2.75, 3.05) is 17.7 Å². The first-order valence-corrected chi connectivity index (χ1v) is 9.86. The molecule has 1 aromatic heterocycles. The SMILES string of the molecule is COc1ccccc1NC(=O)Cn1c(=O)nc(NCc2ccccc2)c2ccccc21. The monoisotopic (exact) mass is 414 g/mol. The predicted molar refractivity (Wildman–Crippen MR) is 121 cm³/mol. The largest absolute Gasteiger partial charge is 0.495 e. The maximum absolute atomic E-state index is 12.8. The second-order valence-electron chi connectivity index (χ2n) is 6.93. The molecule has 7 nitrogen and oxygen atoms in total. The van der Waals surface area contributed by atoms with E-state index in [1.165, 1.54) is 11.7 Å². The minimum absolute atomic E-state index is 0.163. The minimum atomic E-state index is -0.496. The Bertz CT molecular complexity index is 1270. The lowest BCUT2D eigenvalue weighted by molar-refractivity contribution is -0.116. The fourth-order valence-electron chi connectivity index (χ4n) is 3.38. The van der Waals surface area contributed by atoms with Crippen LogP contribution >= 0.6 is 0 Å². The quantitative estimate of drug-likeness (QED) is 0.482. The number of benzene rings is 3. The van der Waals surface area contributed by atoms with Crippen molar-refractivity contribution in [3.05, 3.63) is 94.9 Å². The molecule has 1 amide bonds. The molecule has 156 valence electrons. The molecule has 0 fully saturated rings. The molecule has 0 saturated carbocycles. The summed E-state index contributed by atoms with van der Waals surface area (Å²) in [6, 6.07) is 24.4. The molecule has 0 spiro atoms. The van der Waals surface area contributed by atoms with E-state index < -0.39 is 5.69 Å². The Morgan fingerprint density at radius 3 is 2.48 bits per heavy atom. The van der Waals surface area contributed by atoms with Gasteiger partial charge in [-0.05, 0) is 29.8 Å². The van der Waals surface area contributed by atoms with Crippen molar-refractivity contribution < 1.29 is 9.53 Å². The minimum Gasteiger partial charge on any atom is -0.495 e. The van der Waals surface area contributed by atoms with E-state index in [-0.39, 0.29) is 12.5 Å². The molecule has 0 atom stereocenters. The summed E-state index contributed by atoms with van der Waals surface area (Å²) in [4.78, 5) is 29.7. The lowest BCUT2D eigenvalue weighted by atomic mass is 10.2. The summed E-state index contributed by atoms with van der Waals surface area (Å²) >= 11 is 0. The second-order valence-corrected chi connectivity index (χ2v) is 6.93. The van der Waals surface area contributed by atoms with Crippen LogP contribution in [0.3, 0.4) is 0 Å². The van der Waals surface area contributed by atoms with Crippen LogP contribution in [0.25, 0.3) is 10.9 Å². The number of rotatable bonds is 7. The lowest BCUT2D eigenvalue weighted by Gasteiger charge is -2.14. The van der Waals surface area contributed by atoms with Crippen molar-refractivity contribution in [1.82, 2.24) is 9.55 Å². The molecule has 7 heteroatoms. The van der Waals surface area contributed by atoms with Gasteiger partial charge in [-0.15, -0.1) is 0 Å². The molecule has 4 aromatic rings. The fourth-order valence-corrected chi connectivity index (χ4v) is 3.38. The van der Waals surface area contributed by atoms with Crippen LogP contribution in [-0.2, 0) is 17.9 Å². The van der Waals surface area contributed by atoms with Gasteiger partial charge in [0.05, 0.1) is 18.3 Å². The number of anilines is 2. The van der Waals surface area contributed by atoms with Gasteiger partial charge in [0.2, 0.25) is 5.91 Å². The molecule has 2 N–H and O–H groups in total. The number of fused-ring (bicyclic) bond motifs is 1. The maximum atomic E-state index is 12.8. The molecule has 0 aliphatic heterocycles. The molecular formula is C24H22N4O3. The predicted octanol–water partition coefficient (Wildman–Crippen LogP) is 3.66. The van der Waals surface area contributed by atoms with Crippen LogP contribution in [0.15, 0.2) is 83.7 Å². The Hall–Kier alpha value is -4.13. The van der Waals surface area contributed by atoms with Gasteiger partial charge in [0, 0.05) is 11.9 Å². The van der Waals surface area contributed by atoms with Crippen LogP contribution in [0.2, 0.25) is 0 Å².